The number of benzene rings is 2. The molecule has 0 saturated heterocycles. The van der Waals surface area contributed by atoms with Gasteiger partial charge in [-0.15, -0.1) is 0 Å². The fraction of sp³-hybridized carbons (Fsp3) is 0. The van der Waals surface area contributed by atoms with Crippen molar-refractivity contribution >= 4 is 17.9 Å². The molecule has 3 rings (SSSR count). The van der Waals surface area contributed by atoms with Gasteiger partial charge in [0.15, 0.2) is 17.3 Å². The number of hydrogen-bond acceptors (Lipinski definition) is 4. The van der Waals surface area contributed by atoms with Gasteiger partial charge in [-0.2, -0.15) is 0 Å². The molecule has 0 unspecified atom stereocenters. The van der Waals surface area contributed by atoms with Crippen molar-refractivity contribution in [2.24, 2.45) is 0 Å². The van der Waals surface area contributed by atoms with E-state index in [2.05, 4.69) is 6.58 Å². The van der Waals surface area contributed by atoms with Crippen molar-refractivity contribution in [3.05, 3.63) is 65.4 Å². The molecule has 1 aliphatic rings. The number of aromatic hydroxyl groups is 2. The number of carbonyl (C=O) groups is 1. The van der Waals surface area contributed by atoms with Crippen LogP contribution in [0, 0.1) is 0 Å². The van der Waals surface area contributed by atoms with Crippen LogP contribution in [0.15, 0.2) is 48.7 Å². The van der Waals surface area contributed by atoms with E-state index in [9.17, 15) is 15.0 Å². The Kier molecular flexibility index (Phi) is 2.99. The number of phenolic OH excluding ortho intramolecular Hbond substituents is 2. The minimum Gasteiger partial charge on any atom is -0.504 e. The van der Waals surface area contributed by atoms with E-state index in [4.69, 9.17) is 4.74 Å². The van der Waals surface area contributed by atoms with Gasteiger partial charge in [0.2, 0.25) is 11.5 Å². The van der Waals surface area contributed by atoms with Gasteiger partial charge >= 0.3 is 0 Å². The Morgan fingerprint density at radius 2 is 1.76 bits per heavy atom. The molecule has 2 N–H and O–H groups in total. The first-order valence-corrected chi connectivity index (χ1v) is 6.32. The van der Waals surface area contributed by atoms with Gasteiger partial charge in [0, 0.05) is 0 Å². The van der Waals surface area contributed by atoms with Crippen LogP contribution in [0.4, 0.5) is 0 Å². The summed E-state index contributed by atoms with van der Waals surface area (Å²) in [5, 5.41) is 19.2. The second-order valence-corrected chi connectivity index (χ2v) is 4.58. The second kappa shape index (κ2) is 4.83. The average Bonchev–Trinajstić information content (AvgIpc) is 2.81. The number of carbonyl (C=O) groups excluding carboxylic acids is 1. The van der Waals surface area contributed by atoms with Crippen LogP contribution in [0.5, 0.6) is 17.2 Å². The van der Waals surface area contributed by atoms with Crippen molar-refractivity contribution in [3.63, 3.8) is 0 Å². The van der Waals surface area contributed by atoms with Crippen molar-refractivity contribution in [1.29, 1.82) is 0 Å². The van der Waals surface area contributed by atoms with Crippen LogP contribution in [0.25, 0.3) is 12.2 Å². The predicted molar refractivity (Wildman–Crippen MR) is 79.2 cm³/mol. The summed E-state index contributed by atoms with van der Waals surface area (Å²) in [7, 11) is 0. The fourth-order valence-corrected chi connectivity index (χ4v) is 2.20. The first-order valence-electron chi connectivity index (χ1n) is 6.32. The van der Waals surface area contributed by atoms with Crippen LogP contribution in [0.2, 0.25) is 0 Å². The van der Waals surface area contributed by atoms with Gasteiger partial charge in [-0.25, -0.2) is 0 Å². The molecule has 0 radical (unpaired) electrons. The Hall–Kier alpha value is -3.01. The highest BCUT2D eigenvalue weighted by molar-refractivity contribution is 6.15. The van der Waals surface area contributed by atoms with E-state index in [1.807, 2.05) is 24.3 Å². The van der Waals surface area contributed by atoms with E-state index < -0.39 is 5.75 Å². The summed E-state index contributed by atoms with van der Waals surface area (Å²) in [6, 6.07) is 10.1. The van der Waals surface area contributed by atoms with E-state index >= 15 is 0 Å². The summed E-state index contributed by atoms with van der Waals surface area (Å²) in [5.41, 5.74) is 1.88. The Morgan fingerprint density at radius 3 is 2.48 bits per heavy atom. The molecule has 4 nitrogen and oxygen atoms in total. The summed E-state index contributed by atoms with van der Waals surface area (Å²) < 4.78 is 5.40. The van der Waals surface area contributed by atoms with Crippen molar-refractivity contribution in [3.8, 4) is 17.2 Å². The molecule has 0 spiro atoms. The maximum atomic E-state index is 12.3. The summed E-state index contributed by atoms with van der Waals surface area (Å²) in [6.45, 7) is 3.72. The predicted octanol–water partition coefficient (Wildman–Crippen LogP) is 3.36. The Labute approximate surface area is 121 Å². The molecule has 21 heavy (non-hydrogen) atoms. The number of phenols is 2. The van der Waals surface area contributed by atoms with E-state index in [1.54, 1.807) is 12.2 Å². The molecule has 2 aromatic rings. The lowest BCUT2D eigenvalue weighted by atomic mass is 10.0. The maximum Gasteiger partial charge on any atom is 0.232 e. The zero-order chi connectivity index (χ0) is 15.0. The molecule has 0 aliphatic carbocycles. The minimum atomic E-state index is -0.429. The SMILES string of the molecule is C=Cc1ccccc1/C=C1\Oc2c(ccc(O)c2O)C1=O. The van der Waals surface area contributed by atoms with Gasteiger partial charge in [-0.05, 0) is 29.3 Å². The van der Waals surface area contributed by atoms with Crippen molar-refractivity contribution in [2.45, 2.75) is 0 Å². The number of Topliss-reactive ketones (excluding diaryl/α,β-unsaturated/α-hetero) is 1. The van der Waals surface area contributed by atoms with Gasteiger partial charge < -0.3 is 14.9 Å². The van der Waals surface area contributed by atoms with Crippen LogP contribution in [0.1, 0.15) is 21.5 Å². The van der Waals surface area contributed by atoms with Gasteiger partial charge in [0.05, 0.1) is 5.56 Å². The number of allylic oxidation sites excluding steroid dienone is 1. The van der Waals surface area contributed by atoms with Crippen LogP contribution >= 0.6 is 0 Å². The van der Waals surface area contributed by atoms with Crippen LogP contribution < -0.4 is 4.74 Å². The second-order valence-electron chi connectivity index (χ2n) is 4.58. The van der Waals surface area contributed by atoms with Crippen molar-refractivity contribution in [2.75, 3.05) is 0 Å². The summed E-state index contributed by atoms with van der Waals surface area (Å²) in [5.74, 6) is -1.00. The van der Waals surface area contributed by atoms with Gasteiger partial charge in [0.1, 0.15) is 0 Å². The third-order valence-corrected chi connectivity index (χ3v) is 3.29. The van der Waals surface area contributed by atoms with Crippen molar-refractivity contribution < 1.29 is 19.7 Å². The monoisotopic (exact) mass is 280 g/mol. The number of rotatable bonds is 2. The molecule has 2 aromatic carbocycles. The number of fused-ring (bicyclic) bond motifs is 1. The largest absolute Gasteiger partial charge is 0.504 e. The lowest BCUT2D eigenvalue weighted by Crippen LogP contribution is -1.98. The molecule has 1 heterocycles. The third-order valence-electron chi connectivity index (χ3n) is 3.29. The zero-order valence-corrected chi connectivity index (χ0v) is 11.0. The highest BCUT2D eigenvalue weighted by Gasteiger charge is 2.31. The maximum absolute atomic E-state index is 12.3. The first kappa shape index (κ1) is 13.0. The van der Waals surface area contributed by atoms with E-state index in [0.717, 1.165) is 11.1 Å². The molecule has 0 bridgehead atoms. The van der Waals surface area contributed by atoms with Gasteiger partial charge in [-0.1, -0.05) is 36.9 Å². The molecule has 4 heteroatoms. The molecule has 0 amide bonds. The van der Waals surface area contributed by atoms with E-state index in [0.29, 0.717) is 0 Å². The Balaban J connectivity index is 2.07. The fourth-order valence-electron chi connectivity index (χ4n) is 2.20. The minimum absolute atomic E-state index is 0.0117. The molecule has 0 atom stereocenters. The summed E-state index contributed by atoms with van der Waals surface area (Å²) in [6.07, 6.45) is 3.28. The molecular weight excluding hydrogens is 268 g/mol. The van der Waals surface area contributed by atoms with E-state index in [1.165, 1.54) is 12.1 Å². The lowest BCUT2D eigenvalue weighted by Gasteiger charge is -2.03. The van der Waals surface area contributed by atoms with Crippen molar-refractivity contribution in [1.82, 2.24) is 0 Å². The summed E-state index contributed by atoms with van der Waals surface area (Å²) >= 11 is 0. The topological polar surface area (TPSA) is 66.8 Å². The van der Waals surface area contributed by atoms with Crippen LogP contribution in [-0.4, -0.2) is 16.0 Å². The standard InChI is InChI=1S/C17H12O4/c1-2-10-5-3-4-6-11(10)9-14-15(19)12-7-8-13(18)16(20)17(12)21-14/h2-9,18,20H,1H2/b14-9-. The Bertz CT molecular complexity index is 787. The van der Waals surface area contributed by atoms with Crippen LogP contribution in [0.3, 0.4) is 0 Å². The molecule has 0 fully saturated rings. The summed E-state index contributed by atoms with van der Waals surface area (Å²) in [4.78, 5) is 12.3. The molecular formula is C17H12O4. The number of hydrogen-bond donors (Lipinski definition) is 2. The molecule has 0 aromatic heterocycles. The first-order chi connectivity index (χ1) is 10.1. The molecule has 0 saturated carbocycles. The van der Waals surface area contributed by atoms with Gasteiger partial charge in [-0.3, -0.25) is 4.79 Å². The lowest BCUT2D eigenvalue weighted by molar-refractivity contribution is 0.101. The normalized spacial score (nSPS) is 14.9. The van der Waals surface area contributed by atoms with E-state index in [-0.39, 0.29) is 28.6 Å². The van der Waals surface area contributed by atoms with Crippen LogP contribution in [-0.2, 0) is 0 Å². The molecule has 104 valence electrons. The quantitative estimate of drug-likeness (QED) is 0.654. The highest BCUT2D eigenvalue weighted by Crippen LogP contribution is 2.44. The number of ketones is 1. The number of ether oxygens (including phenoxy) is 1. The molecule has 1 aliphatic heterocycles. The Morgan fingerprint density at radius 1 is 1.05 bits per heavy atom. The third kappa shape index (κ3) is 2.07. The zero-order valence-electron chi connectivity index (χ0n) is 11.0. The smallest absolute Gasteiger partial charge is 0.232 e. The van der Waals surface area contributed by atoms with Gasteiger partial charge in [0.25, 0.3) is 0 Å². The highest BCUT2D eigenvalue weighted by atomic mass is 16.5. The average molecular weight is 280 g/mol.